The first-order valence-electron chi connectivity index (χ1n) is 9.77. The van der Waals surface area contributed by atoms with Crippen LogP contribution in [0.15, 0.2) is 33.9 Å². The van der Waals surface area contributed by atoms with Crippen molar-refractivity contribution in [2.24, 2.45) is 7.05 Å². The summed E-state index contributed by atoms with van der Waals surface area (Å²) in [4.78, 5) is 31.0. The number of fused-ring (bicyclic) bond motifs is 1. The third-order valence-corrected chi connectivity index (χ3v) is 4.68. The van der Waals surface area contributed by atoms with Crippen LogP contribution in [0.3, 0.4) is 0 Å². The minimum Gasteiger partial charge on any atom is -0.491 e. The zero-order valence-electron chi connectivity index (χ0n) is 16.9. The van der Waals surface area contributed by atoms with Crippen molar-refractivity contribution in [1.29, 1.82) is 0 Å². The number of aromatic nitrogens is 4. The number of aliphatic hydroxyl groups excluding tert-OH is 1. The number of benzene rings is 1. The van der Waals surface area contributed by atoms with Crippen molar-refractivity contribution in [1.82, 2.24) is 19.1 Å². The summed E-state index contributed by atoms with van der Waals surface area (Å²) in [6.07, 6.45) is 0.878. The molecule has 0 bridgehead atoms. The maximum Gasteiger partial charge on any atom is 0.329 e. The lowest BCUT2D eigenvalue weighted by atomic mass is 10.2. The first kappa shape index (κ1) is 20.7. The first-order chi connectivity index (χ1) is 13.9. The lowest BCUT2D eigenvalue weighted by Gasteiger charge is -2.16. The molecule has 0 aliphatic rings. The zero-order valence-corrected chi connectivity index (χ0v) is 16.9. The molecule has 0 fully saturated rings. The number of ether oxygens (including phenoxy) is 1. The number of nitrogens with zero attached hydrogens (tertiary/aromatic N) is 3. The number of aryl methyl sites for hydroxylation is 2. The number of hydrogen-bond acceptors (Lipinski definition) is 6. The second kappa shape index (κ2) is 8.95. The Labute approximate surface area is 168 Å². The molecule has 0 aliphatic heterocycles. The minimum absolute atomic E-state index is 0.0593. The summed E-state index contributed by atoms with van der Waals surface area (Å²) in [7, 11) is 1.54. The molecule has 3 rings (SSSR count). The van der Waals surface area contributed by atoms with E-state index >= 15 is 0 Å². The molecule has 0 unspecified atom stereocenters. The summed E-state index contributed by atoms with van der Waals surface area (Å²) < 4.78 is 8.60. The van der Waals surface area contributed by atoms with Crippen molar-refractivity contribution < 1.29 is 9.84 Å². The second-order valence-corrected chi connectivity index (χ2v) is 6.93. The monoisotopic (exact) mass is 401 g/mol. The zero-order chi connectivity index (χ0) is 21.0. The second-order valence-electron chi connectivity index (χ2n) is 6.93. The van der Waals surface area contributed by atoms with Gasteiger partial charge in [-0.05, 0) is 30.5 Å². The van der Waals surface area contributed by atoms with Gasteiger partial charge in [0.1, 0.15) is 18.5 Å². The number of rotatable bonds is 9. The number of hydrogen-bond donors (Lipinski definition) is 3. The van der Waals surface area contributed by atoms with E-state index < -0.39 is 17.4 Å². The van der Waals surface area contributed by atoms with Gasteiger partial charge in [-0.15, -0.1) is 0 Å². The normalized spacial score (nSPS) is 12.3. The molecule has 3 aromatic rings. The van der Waals surface area contributed by atoms with Gasteiger partial charge in [0.05, 0.1) is 6.54 Å². The van der Waals surface area contributed by atoms with Crippen LogP contribution < -0.4 is 21.3 Å². The Hall–Kier alpha value is -3.07. The molecule has 0 saturated heterocycles. The molecule has 0 spiro atoms. The molecule has 3 N–H and O–H groups in total. The average molecular weight is 401 g/mol. The quantitative estimate of drug-likeness (QED) is 0.497. The van der Waals surface area contributed by atoms with Gasteiger partial charge in [0.15, 0.2) is 11.2 Å². The highest BCUT2D eigenvalue weighted by Crippen LogP contribution is 2.17. The summed E-state index contributed by atoms with van der Waals surface area (Å²) in [5.41, 5.74) is 0.577. The van der Waals surface area contributed by atoms with Gasteiger partial charge >= 0.3 is 5.69 Å². The fourth-order valence-electron chi connectivity index (χ4n) is 3.10. The molecule has 0 saturated carbocycles. The van der Waals surface area contributed by atoms with Crippen LogP contribution in [-0.2, 0) is 20.0 Å². The molecule has 9 nitrogen and oxygen atoms in total. The van der Waals surface area contributed by atoms with E-state index in [1.165, 1.54) is 4.57 Å². The number of aromatic amines is 1. The Morgan fingerprint density at radius 3 is 2.83 bits per heavy atom. The van der Waals surface area contributed by atoms with Crippen molar-refractivity contribution in [2.45, 2.75) is 39.3 Å². The van der Waals surface area contributed by atoms with Gasteiger partial charge in [-0.25, -0.2) is 4.79 Å². The smallest absolute Gasteiger partial charge is 0.329 e. The highest BCUT2D eigenvalue weighted by molar-refractivity contribution is 5.74. The number of H-pyrrole nitrogens is 1. The van der Waals surface area contributed by atoms with Gasteiger partial charge < -0.3 is 19.7 Å². The van der Waals surface area contributed by atoms with Crippen LogP contribution in [0.25, 0.3) is 11.2 Å². The van der Waals surface area contributed by atoms with E-state index in [0.29, 0.717) is 18.2 Å². The molecule has 2 aromatic heterocycles. The molecule has 1 atom stereocenters. The predicted octanol–water partition coefficient (Wildman–Crippen LogP) is 1.25. The summed E-state index contributed by atoms with van der Waals surface area (Å²) in [5.74, 6) is 1.11. The molecule has 156 valence electrons. The number of aliphatic hydroxyl groups is 1. The Bertz CT molecular complexity index is 1100. The van der Waals surface area contributed by atoms with E-state index in [-0.39, 0.29) is 24.3 Å². The van der Waals surface area contributed by atoms with Crippen LogP contribution >= 0.6 is 0 Å². The van der Waals surface area contributed by atoms with E-state index in [4.69, 9.17) is 4.74 Å². The number of anilines is 1. The van der Waals surface area contributed by atoms with Crippen molar-refractivity contribution in [2.75, 3.05) is 18.5 Å². The third-order valence-electron chi connectivity index (χ3n) is 4.68. The maximum atomic E-state index is 12.4. The summed E-state index contributed by atoms with van der Waals surface area (Å²) in [6, 6.07) is 7.71. The molecule has 1 aromatic carbocycles. The van der Waals surface area contributed by atoms with E-state index in [9.17, 15) is 14.7 Å². The topological polar surface area (TPSA) is 114 Å². The Balaban J connectivity index is 1.86. The molecule has 9 heteroatoms. The lowest BCUT2D eigenvalue weighted by Crippen LogP contribution is -2.31. The predicted molar refractivity (Wildman–Crippen MR) is 112 cm³/mol. The number of imidazole rings is 1. The van der Waals surface area contributed by atoms with Crippen molar-refractivity contribution in [3.63, 3.8) is 0 Å². The van der Waals surface area contributed by atoms with Crippen molar-refractivity contribution in [3.8, 4) is 5.75 Å². The standard InChI is InChI=1S/C20H27N5O4/c1-4-9-21-19-22-17-16(18(27)23-20(28)24(17)3)25(19)11-14(26)12-29-15-8-6-7-13(5-2)10-15/h6-8,10,14,26H,4-5,9,11-12H2,1-3H3,(H,21,22)(H,23,27,28)/t14-/m1/s1. The summed E-state index contributed by atoms with van der Waals surface area (Å²) >= 11 is 0. The van der Waals surface area contributed by atoms with Crippen LogP contribution in [-0.4, -0.2) is 43.5 Å². The molecule has 0 aliphatic carbocycles. The Morgan fingerprint density at radius 2 is 2.10 bits per heavy atom. The van der Waals surface area contributed by atoms with Crippen LogP contribution in [0.4, 0.5) is 5.95 Å². The highest BCUT2D eigenvalue weighted by Gasteiger charge is 2.19. The van der Waals surface area contributed by atoms with Gasteiger partial charge in [-0.1, -0.05) is 26.0 Å². The molecule has 2 heterocycles. The van der Waals surface area contributed by atoms with Gasteiger partial charge in [-0.3, -0.25) is 14.3 Å². The van der Waals surface area contributed by atoms with Gasteiger partial charge in [0.2, 0.25) is 5.95 Å². The average Bonchev–Trinajstić information content (AvgIpc) is 3.08. The molecule has 29 heavy (non-hydrogen) atoms. The Morgan fingerprint density at radius 1 is 1.31 bits per heavy atom. The first-order valence-corrected chi connectivity index (χ1v) is 9.77. The van der Waals surface area contributed by atoms with E-state index in [2.05, 4.69) is 22.2 Å². The molecular formula is C20H27N5O4. The van der Waals surface area contributed by atoms with Crippen molar-refractivity contribution in [3.05, 3.63) is 50.7 Å². The fourth-order valence-corrected chi connectivity index (χ4v) is 3.10. The van der Waals surface area contributed by atoms with Gasteiger partial charge in [0, 0.05) is 13.6 Å². The van der Waals surface area contributed by atoms with Crippen LogP contribution in [0.2, 0.25) is 0 Å². The summed E-state index contributed by atoms with van der Waals surface area (Å²) in [6.45, 7) is 4.87. The largest absolute Gasteiger partial charge is 0.491 e. The van der Waals surface area contributed by atoms with Gasteiger partial charge in [0.25, 0.3) is 5.56 Å². The maximum absolute atomic E-state index is 12.4. The fraction of sp³-hybridized carbons (Fsp3) is 0.450. The van der Waals surface area contributed by atoms with Gasteiger partial charge in [-0.2, -0.15) is 4.98 Å². The van der Waals surface area contributed by atoms with E-state index in [0.717, 1.165) is 18.4 Å². The van der Waals surface area contributed by atoms with Crippen LogP contribution in [0.5, 0.6) is 5.75 Å². The minimum atomic E-state index is -0.878. The molecular weight excluding hydrogens is 374 g/mol. The van der Waals surface area contributed by atoms with Crippen LogP contribution in [0, 0.1) is 0 Å². The Kier molecular flexibility index (Phi) is 6.38. The SMILES string of the molecule is CCCNc1nc2c(c(=O)[nH]c(=O)n2C)n1C[C@@H](O)COc1cccc(CC)c1. The lowest BCUT2D eigenvalue weighted by molar-refractivity contribution is 0.0938. The van der Waals surface area contributed by atoms with E-state index in [1.54, 1.807) is 11.6 Å². The van der Waals surface area contributed by atoms with Crippen molar-refractivity contribution >= 4 is 17.1 Å². The third kappa shape index (κ3) is 4.51. The molecule has 0 radical (unpaired) electrons. The molecule has 0 amide bonds. The number of nitrogens with one attached hydrogen (secondary N) is 2. The summed E-state index contributed by atoms with van der Waals surface area (Å²) in [5, 5.41) is 13.7. The van der Waals surface area contributed by atoms with E-state index in [1.807, 2.05) is 31.2 Å². The highest BCUT2D eigenvalue weighted by atomic mass is 16.5. The van der Waals surface area contributed by atoms with Crippen LogP contribution in [0.1, 0.15) is 25.8 Å².